The number of carbonyl (C=O) groups excluding carboxylic acids is 2. The highest BCUT2D eigenvalue weighted by Gasteiger charge is 2.32. The van der Waals surface area contributed by atoms with E-state index in [0.29, 0.717) is 12.2 Å². The Labute approximate surface area is 108 Å². The molecule has 0 atom stereocenters. The number of likely N-dealkylation sites (tertiary alicyclic amines) is 1. The van der Waals surface area contributed by atoms with Gasteiger partial charge >= 0.3 is 0 Å². The van der Waals surface area contributed by atoms with Crippen LogP contribution in [0.15, 0.2) is 0 Å². The van der Waals surface area contributed by atoms with Gasteiger partial charge in [-0.15, -0.1) is 0 Å². The average molecular weight is 256 g/mol. The van der Waals surface area contributed by atoms with Gasteiger partial charge in [0.2, 0.25) is 11.8 Å². The van der Waals surface area contributed by atoms with Crippen LogP contribution in [-0.4, -0.2) is 41.6 Å². The number of carbonyl (C=O) groups is 2. The quantitative estimate of drug-likeness (QED) is 0.732. The van der Waals surface area contributed by atoms with Gasteiger partial charge in [-0.05, 0) is 31.4 Å². The van der Waals surface area contributed by atoms with Crippen molar-refractivity contribution < 1.29 is 9.59 Å². The van der Waals surface area contributed by atoms with E-state index in [1.54, 1.807) is 0 Å². The van der Waals surface area contributed by atoms with Gasteiger partial charge in [0.1, 0.15) is 0 Å². The van der Waals surface area contributed by atoms with Crippen LogP contribution in [-0.2, 0) is 9.59 Å². The summed E-state index contributed by atoms with van der Waals surface area (Å²) in [6.45, 7) is 1.53. The van der Waals surface area contributed by atoms with Crippen LogP contribution in [0.2, 0.25) is 0 Å². The molecule has 0 spiro atoms. The van der Waals surface area contributed by atoms with Gasteiger partial charge in [-0.1, -0.05) is 0 Å². The molecule has 5 heteroatoms. The number of hydrogen-bond donors (Lipinski definition) is 2. The summed E-state index contributed by atoms with van der Waals surface area (Å²) in [6.07, 6.45) is 4.38. The Morgan fingerprint density at radius 2 is 1.82 bits per heavy atom. The second-order valence-corrected chi connectivity index (χ2v) is 5.36. The first-order valence-corrected chi connectivity index (χ1v) is 7.03. The summed E-state index contributed by atoms with van der Waals surface area (Å²) >= 11 is 4.07. The molecule has 0 unspecified atom stereocenters. The van der Waals surface area contributed by atoms with E-state index in [4.69, 9.17) is 0 Å². The zero-order valence-electron chi connectivity index (χ0n) is 10.0. The van der Waals surface area contributed by atoms with Crippen molar-refractivity contribution in [1.82, 2.24) is 10.2 Å². The maximum absolute atomic E-state index is 11.6. The van der Waals surface area contributed by atoms with Crippen molar-refractivity contribution in [3.8, 4) is 0 Å². The van der Waals surface area contributed by atoms with Crippen LogP contribution >= 0.6 is 12.6 Å². The van der Waals surface area contributed by atoms with Gasteiger partial charge in [0.15, 0.2) is 0 Å². The molecule has 17 heavy (non-hydrogen) atoms. The first kappa shape index (κ1) is 12.7. The first-order valence-electron chi connectivity index (χ1n) is 6.39. The summed E-state index contributed by atoms with van der Waals surface area (Å²) in [5.74, 6) is 1.29. The van der Waals surface area contributed by atoms with Crippen molar-refractivity contribution in [3.63, 3.8) is 0 Å². The van der Waals surface area contributed by atoms with Crippen LogP contribution in [0.4, 0.5) is 0 Å². The second-order valence-electron chi connectivity index (χ2n) is 4.91. The minimum atomic E-state index is 0.187. The van der Waals surface area contributed by atoms with E-state index in [1.165, 1.54) is 0 Å². The van der Waals surface area contributed by atoms with E-state index in [-0.39, 0.29) is 23.8 Å². The maximum atomic E-state index is 11.6. The number of amides is 2. The number of hydrogen-bond acceptors (Lipinski definition) is 3. The molecule has 96 valence electrons. The van der Waals surface area contributed by atoms with Crippen molar-refractivity contribution in [2.24, 2.45) is 5.92 Å². The van der Waals surface area contributed by atoms with E-state index >= 15 is 0 Å². The molecular formula is C12H20N2O2S. The first-order chi connectivity index (χ1) is 8.20. The van der Waals surface area contributed by atoms with E-state index in [9.17, 15) is 9.59 Å². The van der Waals surface area contributed by atoms with E-state index in [1.807, 2.05) is 4.90 Å². The van der Waals surface area contributed by atoms with Crippen molar-refractivity contribution in [1.29, 1.82) is 0 Å². The van der Waals surface area contributed by atoms with E-state index in [2.05, 4.69) is 17.9 Å². The topological polar surface area (TPSA) is 49.4 Å². The minimum Gasteiger partial charge on any atom is -0.353 e. The number of thiol groups is 1. The number of piperidine rings is 1. The lowest BCUT2D eigenvalue weighted by atomic mass is 10.0. The number of rotatable bonds is 4. The van der Waals surface area contributed by atoms with Crippen LogP contribution < -0.4 is 5.32 Å². The Kier molecular flexibility index (Phi) is 4.31. The molecule has 0 bridgehead atoms. The smallest absolute Gasteiger partial charge is 0.223 e. The molecule has 1 heterocycles. The highest BCUT2D eigenvalue weighted by atomic mass is 32.1. The van der Waals surface area contributed by atoms with Crippen molar-refractivity contribution in [2.75, 3.05) is 18.8 Å². The van der Waals surface area contributed by atoms with Crippen LogP contribution in [0.5, 0.6) is 0 Å². The molecule has 2 rings (SSSR count). The average Bonchev–Trinajstić information content (AvgIpc) is 3.14. The zero-order chi connectivity index (χ0) is 12.3. The molecule has 0 radical (unpaired) electrons. The van der Waals surface area contributed by atoms with E-state index < -0.39 is 0 Å². The molecule has 1 aliphatic heterocycles. The largest absolute Gasteiger partial charge is 0.353 e. The van der Waals surface area contributed by atoms with Gasteiger partial charge in [0.05, 0.1) is 0 Å². The normalized spacial score (nSPS) is 21.4. The monoisotopic (exact) mass is 256 g/mol. The standard InChI is InChI=1S/C12H20N2O2S/c15-11(5-8-17)14-6-3-10(4-7-14)13-12(16)9-1-2-9/h9-10,17H,1-8H2,(H,13,16). The van der Waals surface area contributed by atoms with Gasteiger partial charge < -0.3 is 10.2 Å². The lowest BCUT2D eigenvalue weighted by molar-refractivity contribution is -0.132. The summed E-state index contributed by atoms with van der Waals surface area (Å²) in [5.41, 5.74) is 0. The number of nitrogens with zero attached hydrogens (tertiary/aromatic N) is 1. The molecular weight excluding hydrogens is 236 g/mol. The molecule has 2 aliphatic rings. The predicted octanol–water partition coefficient (Wildman–Crippen LogP) is 0.823. The van der Waals surface area contributed by atoms with Gasteiger partial charge in [0, 0.05) is 31.5 Å². The Hall–Kier alpha value is -0.710. The zero-order valence-corrected chi connectivity index (χ0v) is 10.9. The molecule has 2 amide bonds. The van der Waals surface area contributed by atoms with Gasteiger partial charge in [-0.2, -0.15) is 12.6 Å². The van der Waals surface area contributed by atoms with Crippen molar-refractivity contribution >= 4 is 24.4 Å². The molecule has 1 saturated carbocycles. The fourth-order valence-corrected chi connectivity index (χ4v) is 2.38. The highest BCUT2D eigenvalue weighted by molar-refractivity contribution is 7.80. The fraction of sp³-hybridized carbons (Fsp3) is 0.833. The Bertz CT molecular complexity index is 297. The highest BCUT2D eigenvalue weighted by Crippen LogP contribution is 2.29. The van der Waals surface area contributed by atoms with Gasteiger partial charge in [0.25, 0.3) is 0 Å². The summed E-state index contributed by atoms with van der Waals surface area (Å²) in [6, 6.07) is 0.267. The SMILES string of the molecule is O=C(NC1CCN(C(=O)CCS)CC1)C1CC1. The molecule has 1 N–H and O–H groups in total. The molecule has 0 aromatic carbocycles. The third-order valence-electron chi connectivity index (χ3n) is 3.47. The molecule has 1 aliphatic carbocycles. The fourth-order valence-electron chi connectivity index (χ4n) is 2.19. The Morgan fingerprint density at radius 1 is 1.18 bits per heavy atom. The second kappa shape index (κ2) is 5.76. The third-order valence-corrected chi connectivity index (χ3v) is 3.69. The van der Waals surface area contributed by atoms with Crippen LogP contribution in [0.25, 0.3) is 0 Å². The lowest BCUT2D eigenvalue weighted by Crippen LogP contribution is -2.46. The molecule has 0 aromatic rings. The lowest BCUT2D eigenvalue weighted by Gasteiger charge is -2.32. The van der Waals surface area contributed by atoms with E-state index in [0.717, 1.165) is 38.8 Å². The third kappa shape index (κ3) is 3.63. The van der Waals surface area contributed by atoms with Gasteiger partial charge in [-0.25, -0.2) is 0 Å². The van der Waals surface area contributed by atoms with Crippen molar-refractivity contribution in [2.45, 2.75) is 38.1 Å². The molecule has 0 aromatic heterocycles. The summed E-state index contributed by atoms with van der Waals surface area (Å²) in [4.78, 5) is 25.1. The molecule has 4 nitrogen and oxygen atoms in total. The maximum Gasteiger partial charge on any atom is 0.223 e. The van der Waals surface area contributed by atoms with Crippen LogP contribution in [0.3, 0.4) is 0 Å². The summed E-state index contributed by atoms with van der Waals surface area (Å²) < 4.78 is 0. The van der Waals surface area contributed by atoms with Crippen LogP contribution in [0.1, 0.15) is 32.1 Å². The van der Waals surface area contributed by atoms with Gasteiger partial charge in [-0.3, -0.25) is 9.59 Å². The predicted molar refractivity (Wildman–Crippen MR) is 68.9 cm³/mol. The Balaban J connectivity index is 1.70. The summed E-state index contributed by atoms with van der Waals surface area (Å²) in [5, 5.41) is 3.08. The van der Waals surface area contributed by atoms with Crippen LogP contribution in [0, 0.1) is 5.92 Å². The van der Waals surface area contributed by atoms with Crippen molar-refractivity contribution in [3.05, 3.63) is 0 Å². The summed E-state index contributed by atoms with van der Waals surface area (Å²) in [7, 11) is 0. The minimum absolute atomic E-state index is 0.187. The molecule has 2 fully saturated rings. The Morgan fingerprint density at radius 3 is 2.35 bits per heavy atom. The molecule has 1 saturated heterocycles. The number of nitrogens with one attached hydrogen (secondary N) is 1.